The summed E-state index contributed by atoms with van der Waals surface area (Å²) in [5, 5.41) is 0.575. The van der Waals surface area contributed by atoms with Gasteiger partial charge in [0.2, 0.25) is 0 Å². The first-order valence-electron chi connectivity index (χ1n) is 10.7. The summed E-state index contributed by atoms with van der Waals surface area (Å²) >= 11 is 6.18. The molecule has 1 saturated heterocycles. The number of hydrogen-bond acceptors (Lipinski definition) is 4. The fourth-order valence-electron chi connectivity index (χ4n) is 4.44. The van der Waals surface area contributed by atoms with E-state index in [4.69, 9.17) is 21.1 Å². The molecule has 0 atom stereocenters. The van der Waals surface area contributed by atoms with Crippen LogP contribution in [0.5, 0.6) is 11.5 Å². The van der Waals surface area contributed by atoms with Gasteiger partial charge in [-0.1, -0.05) is 17.7 Å². The van der Waals surface area contributed by atoms with Crippen molar-refractivity contribution >= 4 is 23.3 Å². The van der Waals surface area contributed by atoms with Crippen molar-refractivity contribution in [1.82, 2.24) is 4.90 Å². The Bertz CT molecular complexity index is 1050. The molecule has 164 valence electrons. The van der Waals surface area contributed by atoms with E-state index in [0.717, 1.165) is 28.0 Å². The number of ether oxygens (including phenoxy) is 2. The summed E-state index contributed by atoms with van der Waals surface area (Å²) in [6, 6.07) is 7.61. The summed E-state index contributed by atoms with van der Waals surface area (Å²) in [4.78, 5) is 27.3. The Kier molecular flexibility index (Phi) is 5.73. The number of nitrogens with zero attached hydrogens (tertiary/aromatic N) is 1. The second kappa shape index (κ2) is 8.19. The van der Waals surface area contributed by atoms with Gasteiger partial charge in [0.05, 0.1) is 12.0 Å². The number of amides is 1. The minimum atomic E-state index is -0.549. The van der Waals surface area contributed by atoms with Crippen LogP contribution in [0.4, 0.5) is 0 Å². The van der Waals surface area contributed by atoms with Crippen molar-refractivity contribution in [2.45, 2.75) is 52.6 Å². The van der Waals surface area contributed by atoms with Gasteiger partial charge in [0.1, 0.15) is 17.1 Å². The van der Waals surface area contributed by atoms with Crippen molar-refractivity contribution < 1.29 is 19.1 Å². The van der Waals surface area contributed by atoms with Crippen LogP contribution in [0.25, 0.3) is 0 Å². The highest BCUT2D eigenvalue weighted by Gasteiger charge is 2.43. The maximum atomic E-state index is 12.7. The molecule has 5 nitrogen and oxygen atoms in total. The van der Waals surface area contributed by atoms with Crippen molar-refractivity contribution in [3.05, 3.63) is 57.1 Å². The van der Waals surface area contributed by atoms with Crippen LogP contribution in [0.3, 0.4) is 0 Å². The molecule has 0 aromatic heterocycles. The molecule has 2 heterocycles. The van der Waals surface area contributed by atoms with E-state index in [-0.39, 0.29) is 18.3 Å². The van der Waals surface area contributed by atoms with Crippen molar-refractivity contribution in [2.75, 3.05) is 19.7 Å². The van der Waals surface area contributed by atoms with Crippen LogP contribution < -0.4 is 9.47 Å². The topological polar surface area (TPSA) is 55.8 Å². The number of aryl methyl sites for hydroxylation is 3. The Morgan fingerprint density at radius 2 is 1.81 bits per heavy atom. The predicted molar refractivity (Wildman–Crippen MR) is 120 cm³/mol. The van der Waals surface area contributed by atoms with E-state index in [9.17, 15) is 9.59 Å². The van der Waals surface area contributed by atoms with E-state index in [0.29, 0.717) is 48.7 Å². The number of carbonyl (C=O) groups is 2. The zero-order valence-electron chi connectivity index (χ0n) is 18.5. The van der Waals surface area contributed by atoms with E-state index in [1.54, 1.807) is 11.0 Å². The summed E-state index contributed by atoms with van der Waals surface area (Å²) < 4.78 is 12.2. The summed E-state index contributed by atoms with van der Waals surface area (Å²) in [5.41, 5.74) is 4.21. The lowest BCUT2D eigenvalue weighted by molar-refractivity contribution is -0.136. The Labute approximate surface area is 188 Å². The number of carbonyl (C=O) groups excluding carboxylic acids is 2. The maximum Gasteiger partial charge on any atom is 0.260 e. The standard InChI is InChI=1S/C25H28ClNO4/c1-15-9-16(2)18(4)22(10-15)30-14-24(29)27-7-5-25(6-8-27)13-21(28)19-12-20(26)17(3)11-23(19)31-25/h9-12H,5-8,13-14H2,1-4H3. The largest absolute Gasteiger partial charge is 0.486 e. The van der Waals surface area contributed by atoms with Gasteiger partial charge in [0, 0.05) is 31.0 Å². The predicted octanol–water partition coefficient (Wildman–Crippen LogP) is 4.98. The smallest absolute Gasteiger partial charge is 0.260 e. The number of fused-ring (bicyclic) bond motifs is 1. The van der Waals surface area contributed by atoms with E-state index in [1.807, 2.05) is 39.8 Å². The molecule has 0 saturated carbocycles. The average Bonchev–Trinajstić information content (AvgIpc) is 2.71. The molecule has 0 aliphatic carbocycles. The number of Topliss-reactive ketones (excluding diaryl/α,β-unsaturated/α-hetero) is 1. The second-order valence-corrected chi connectivity index (χ2v) is 9.26. The van der Waals surface area contributed by atoms with Crippen LogP contribution in [0, 0.1) is 27.7 Å². The molecule has 1 fully saturated rings. The first-order chi connectivity index (χ1) is 14.7. The van der Waals surface area contributed by atoms with Crippen molar-refractivity contribution in [2.24, 2.45) is 0 Å². The van der Waals surface area contributed by atoms with Gasteiger partial charge in [-0.15, -0.1) is 0 Å². The lowest BCUT2D eigenvalue weighted by atomic mass is 9.82. The van der Waals surface area contributed by atoms with Crippen molar-refractivity contribution in [1.29, 1.82) is 0 Å². The quantitative estimate of drug-likeness (QED) is 0.674. The maximum absolute atomic E-state index is 12.7. The molecule has 31 heavy (non-hydrogen) atoms. The summed E-state index contributed by atoms with van der Waals surface area (Å²) in [5.74, 6) is 1.37. The summed E-state index contributed by atoms with van der Waals surface area (Å²) in [6.07, 6.45) is 1.56. The number of benzene rings is 2. The van der Waals surface area contributed by atoms with E-state index in [2.05, 4.69) is 6.07 Å². The zero-order chi connectivity index (χ0) is 22.3. The third kappa shape index (κ3) is 4.29. The molecular weight excluding hydrogens is 414 g/mol. The summed E-state index contributed by atoms with van der Waals surface area (Å²) in [7, 11) is 0. The third-order valence-corrected chi connectivity index (χ3v) is 6.92. The molecule has 0 N–H and O–H groups in total. The van der Waals surface area contributed by atoms with E-state index >= 15 is 0 Å². The zero-order valence-corrected chi connectivity index (χ0v) is 19.3. The number of halogens is 1. The lowest BCUT2D eigenvalue weighted by Gasteiger charge is -2.44. The lowest BCUT2D eigenvalue weighted by Crippen LogP contribution is -2.53. The fraction of sp³-hybridized carbons (Fsp3) is 0.440. The molecular formula is C25H28ClNO4. The third-order valence-electron chi connectivity index (χ3n) is 6.51. The normalized spacial score (nSPS) is 17.3. The SMILES string of the molecule is Cc1cc(C)c(C)c(OCC(=O)N2CCC3(CC2)CC(=O)c2cc(Cl)c(C)cc2O3)c1. The van der Waals surface area contributed by atoms with Crippen LogP contribution in [0.15, 0.2) is 24.3 Å². The first kappa shape index (κ1) is 21.7. The molecule has 1 spiro atoms. The van der Waals surface area contributed by atoms with Crippen LogP contribution >= 0.6 is 11.6 Å². The molecule has 4 rings (SSSR count). The number of rotatable bonds is 3. The van der Waals surface area contributed by atoms with Crippen LogP contribution in [0.1, 0.15) is 51.9 Å². The molecule has 2 aliphatic rings. The fourth-order valence-corrected chi connectivity index (χ4v) is 4.60. The van der Waals surface area contributed by atoms with Crippen LogP contribution in [-0.4, -0.2) is 41.9 Å². The molecule has 0 unspecified atom stereocenters. The Morgan fingerprint density at radius 3 is 2.52 bits per heavy atom. The monoisotopic (exact) mass is 441 g/mol. The minimum Gasteiger partial charge on any atom is -0.486 e. The molecule has 2 aliphatic heterocycles. The molecule has 6 heteroatoms. The first-order valence-corrected chi connectivity index (χ1v) is 11.1. The van der Waals surface area contributed by atoms with Gasteiger partial charge in [-0.25, -0.2) is 0 Å². The Morgan fingerprint density at radius 1 is 1.10 bits per heavy atom. The van der Waals surface area contributed by atoms with Crippen molar-refractivity contribution in [3.8, 4) is 11.5 Å². The highest BCUT2D eigenvalue weighted by atomic mass is 35.5. The number of piperidine rings is 1. The van der Waals surface area contributed by atoms with Gasteiger partial charge < -0.3 is 14.4 Å². The van der Waals surface area contributed by atoms with Crippen LogP contribution in [0.2, 0.25) is 5.02 Å². The van der Waals surface area contributed by atoms with Gasteiger partial charge in [-0.05, 0) is 68.1 Å². The number of likely N-dealkylation sites (tertiary alicyclic amines) is 1. The van der Waals surface area contributed by atoms with Gasteiger partial charge in [-0.3, -0.25) is 9.59 Å². The molecule has 1 amide bonds. The second-order valence-electron chi connectivity index (χ2n) is 8.86. The number of hydrogen-bond donors (Lipinski definition) is 0. The van der Waals surface area contributed by atoms with Crippen molar-refractivity contribution in [3.63, 3.8) is 0 Å². The highest BCUT2D eigenvalue weighted by molar-refractivity contribution is 6.31. The molecule has 0 radical (unpaired) electrons. The number of ketones is 1. The molecule has 2 aromatic carbocycles. The highest BCUT2D eigenvalue weighted by Crippen LogP contribution is 2.41. The molecule has 2 aromatic rings. The summed E-state index contributed by atoms with van der Waals surface area (Å²) in [6.45, 7) is 9.06. The van der Waals surface area contributed by atoms with Gasteiger partial charge in [0.25, 0.3) is 5.91 Å². The minimum absolute atomic E-state index is 0.0110. The van der Waals surface area contributed by atoms with Gasteiger partial charge in [-0.2, -0.15) is 0 Å². The van der Waals surface area contributed by atoms with E-state index < -0.39 is 5.60 Å². The van der Waals surface area contributed by atoms with Gasteiger partial charge in [0.15, 0.2) is 12.4 Å². The van der Waals surface area contributed by atoms with E-state index in [1.165, 1.54) is 0 Å². The Hall–Kier alpha value is -2.53. The molecule has 0 bridgehead atoms. The Balaban J connectivity index is 1.39. The van der Waals surface area contributed by atoms with Gasteiger partial charge >= 0.3 is 0 Å². The van der Waals surface area contributed by atoms with Crippen LogP contribution in [-0.2, 0) is 4.79 Å². The average molecular weight is 442 g/mol.